The van der Waals surface area contributed by atoms with E-state index in [-0.39, 0.29) is 12.6 Å². The number of halogens is 6. The monoisotopic (exact) mass is 432 g/mol. The van der Waals surface area contributed by atoms with Gasteiger partial charge in [0, 0.05) is 18.3 Å². The van der Waals surface area contributed by atoms with Crippen LogP contribution in [0.5, 0.6) is 0 Å². The Kier molecular flexibility index (Phi) is 6.79. The van der Waals surface area contributed by atoms with Crippen molar-refractivity contribution in [2.24, 2.45) is 0 Å². The van der Waals surface area contributed by atoms with Gasteiger partial charge in [0.15, 0.2) is 0 Å². The number of rotatable bonds is 4. The van der Waals surface area contributed by atoms with Crippen molar-refractivity contribution in [2.75, 3.05) is 5.32 Å². The lowest BCUT2D eigenvalue weighted by Crippen LogP contribution is -2.43. The second kappa shape index (κ2) is 8.76. The zero-order valence-corrected chi connectivity index (χ0v) is 15.9. The lowest BCUT2D eigenvalue weighted by atomic mass is 10.1. The molecule has 2 aromatic rings. The number of hydrogen-bond donors (Lipinski definition) is 1. The number of benzene rings is 2. The molecule has 10 heteroatoms. The third kappa shape index (κ3) is 5.98. The quantitative estimate of drug-likeness (QED) is 0.540. The number of carbonyl (C=O) groups excluding carboxylic acids is 2. The average molecular weight is 432 g/mol. The fraction of sp³-hybridized carbons (Fsp3) is 0.300. The summed E-state index contributed by atoms with van der Waals surface area (Å²) in [6.45, 7) is 3.29. The molecule has 0 atom stereocenters. The molecule has 0 aliphatic rings. The molecule has 0 saturated heterocycles. The average Bonchev–Trinajstić information content (AvgIpc) is 2.64. The van der Waals surface area contributed by atoms with Crippen LogP contribution in [-0.2, 0) is 28.5 Å². The highest BCUT2D eigenvalue weighted by Gasteiger charge is 2.37. The standard InChI is InChI=1S/C20H18F6N2O2/c1-12(2)28(11-13-6-4-3-5-7-13)18(30)17(29)27-16-9-14(19(21,22)23)8-15(10-16)20(24,25)26/h3-10,12H,11H2,1-2H3,(H,27,29). The van der Waals surface area contributed by atoms with Gasteiger partial charge in [0.25, 0.3) is 0 Å². The molecule has 4 nitrogen and oxygen atoms in total. The van der Waals surface area contributed by atoms with Crippen molar-refractivity contribution in [3.05, 3.63) is 65.2 Å². The minimum atomic E-state index is -5.07. The van der Waals surface area contributed by atoms with Crippen LogP contribution in [0.2, 0.25) is 0 Å². The van der Waals surface area contributed by atoms with Crippen LogP contribution in [0, 0.1) is 0 Å². The number of amides is 2. The Hall–Kier alpha value is -3.04. The molecule has 162 valence electrons. The Balaban J connectivity index is 2.29. The van der Waals surface area contributed by atoms with Gasteiger partial charge in [0.05, 0.1) is 11.1 Å². The third-order valence-electron chi connectivity index (χ3n) is 4.12. The lowest BCUT2D eigenvalue weighted by molar-refractivity contribution is -0.144. The Morgan fingerprint density at radius 2 is 1.40 bits per heavy atom. The molecule has 2 amide bonds. The van der Waals surface area contributed by atoms with Crippen LogP contribution in [0.15, 0.2) is 48.5 Å². The summed E-state index contributed by atoms with van der Waals surface area (Å²) in [6, 6.07) is 8.80. The number of alkyl halides is 6. The van der Waals surface area contributed by atoms with E-state index in [4.69, 9.17) is 0 Å². The van der Waals surface area contributed by atoms with Crippen molar-refractivity contribution in [3.63, 3.8) is 0 Å². The van der Waals surface area contributed by atoms with E-state index in [0.29, 0.717) is 17.7 Å². The summed E-state index contributed by atoms with van der Waals surface area (Å²) in [5, 5.41) is 1.86. The second-order valence-electron chi connectivity index (χ2n) is 6.76. The minimum Gasteiger partial charge on any atom is -0.328 e. The molecular formula is C20H18F6N2O2. The van der Waals surface area contributed by atoms with Gasteiger partial charge in [-0.15, -0.1) is 0 Å². The zero-order chi connectivity index (χ0) is 22.7. The van der Waals surface area contributed by atoms with Crippen molar-refractivity contribution in [2.45, 2.75) is 38.8 Å². The number of anilines is 1. The predicted molar refractivity (Wildman–Crippen MR) is 97.2 cm³/mol. The van der Waals surface area contributed by atoms with Crippen LogP contribution >= 0.6 is 0 Å². The van der Waals surface area contributed by atoms with Gasteiger partial charge in [0.1, 0.15) is 0 Å². The fourth-order valence-electron chi connectivity index (χ4n) is 2.61. The molecule has 0 aromatic heterocycles. The highest BCUT2D eigenvalue weighted by Crippen LogP contribution is 2.37. The number of hydrogen-bond acceptors (Lipinski definition) is 2. The van der Waals surface area contributed by atoms with Crippen molar-refractivity contribution >= 4 is 17.5 Å². The first kappa shape index (κ1) is 23.2. The second-order valence-corrected chi connectivity index (χ2v) is 6.76. The lowest BCUT2D eigenvalue weighted by Gasteiger charge is -2.26. The van der Waals surface area contributed by atoms with Crippen LogP contribution in [0.1, 0.15) is 30.5 Å². The summed E-state index contributed by atoms with van der Waals surface area (Å²) in [6.07, 6.45) is -10.1. The van der Waals surface area contributed by atoms with Gasteiger partial charge in [-0.25, -0.2) is 0 Å². The SMILES string of the molecule is CC(C)N(Cc1ccccc1)C(=O)C(=O)Nc1cc(C(F)(F)F)cc(C(F)(F)F)c1. The number of carbonyl (C=O) groups is 2. The molecule has 0 aliphatic carbocycles. The van der Waals surface area contributed by atoms with E-state index >= 15 is 0 Å². The molecule has 2 rings (SSSR count). The summed E-state index contributed by atoms with van der Waals surface area (Å²) in [5.74, 6) is -2.42. The van der Waals surface area contributed by atoms with Gasteiger partial charge in [-0.05, 0) is 37.6 Å². The normalized spacial score (nSPS) is 12.0. The highest BCUT2D eigenvalue weighted by molar-refractivity contribution is 6.39. The van der Waals surface area contributed by atoms with Gasteiger partial charge in [-0.3, -0.25) is 9.59 Å². The predicted octanol–water partition coefficient (Wildman–Crippen LogP) is 5.10. The first-order valence-electron chi connectivity index (χ1n) is 8.74. The van der Waals surface area contributed by atoms with E-state index in [1.165, 1.54) is 0 Å². The summed E-state index contributed by atoms with van der Waals surface area (Å²) in [4.78, 5) is 26.0. The Morgan fingerprint density at radius 3 is 1.83 bits per heavy atom. The molecule has 0 radical (unpaired) electrons. The van der Waals surface area contributed by atoms with Crippen LogP contribution in [0.4, 0.5) is 32.0 Å². The van der Waals surface area contributed by atoms with Crippen LogP contribution in [0.3, 0.4) is 0 Å². The van der Waals surface area contributed by atoms with Crippen LogP contribution in [0.25, 0.3) is 0 Å². The van der Waals surface area contributed by atoms with E-state index in [1.54, 1.807) is 44.2 Å². The Bertz CT molecular complexity index is 875. The minimum absolute atomic E-state index is 0.0428. The molecule has 0 bridgehead atoms. The van der Waals surface area contributed by atoms with E-state index in [9.17, 15) is 35.9 Å². The molecule has 0 saturated carbocycles. The van der Waals surface area contributed by atoms with E-state index < -0.39 is 47.0 Å². The van der Waals surface area contributed by atoms with E-state index in [2.05, 4.69) is 0 Å². The molecular weight excluding hydrogens is 414 g/mol. The zero-order valence-electron chi connectivity index (χ0n) is 15.9. The molecule has 0 aliphatic heterocycles. The van der Waals surface area contributed by atoms with Gasteiger partial charge in [0.2, 0.25) is 0 Å². The van der Waals surface area contributed by atoms with Crippen molar-refractivity contribution in [1.82, 2.24) is 4.90 Å². The largest absolute Gasteiger partial charge is 0.416 e. The molecule has 0 spiro atoms. The van der Waals surface area contributed by atoms with Crippen molar-refractivity contribution in [3.8, 4) is 0 Å². The number of nitrogens with zero attached hydrogens (tertiary/aromatic N) is 1. The van der Waals surface area contributed by atoms with Gasteiger partial charge in [-0.2, -0.15) is 26.3 Å². The summed E-state index contributed by atoms with van der Waals surface area (Å²) >= 11 is 0. The van der Waals surface area contributed by atoms with E-state index in [0.717, 1.165) is 4.90 Å². The maximum Gasteiger partial charge on any atom is 0.416 e. The fourth-order valence-corrected chi connectivity index (χ4v) is 2.61. The smallest absolute Gasteiger partial charge is 0.328 e. The Labute approximate surface area is 168 Å². The molecule has 30 heavy (non-hydrogen) atoms. The van der Waals surface area contributed by atoms with Gasteiger partial charge >= 0.3 is 24.2 Å². The number of nitrogens with one attached hydrogen (secondary N) is 1. The molecule has 0 unspecified atom stereocenters. The Morgan fingerprint density at radius 1 is 0.900 bits per heavy atom. The van der Waals surface area contributed by atoms with E-state index in [1.807, 2.05) is 5.32 Å². The maximum absolute atomic E-state index is 13.0. The molecule has 0 heterocycles. The molecule has 0 fully saturated rings. The van der Waals surface area contributed by atoms with Crippen LogP contribution in [-0.4, -0.2) is 22.8 Å². The van der Waals surface area contributed by atoms with Crippen molar-refractivity contribution < 1.29 is 35.9 Å². The first-order valence-corrected chi connectivity index (χ1v) is 8.74. The molecule has 1 N–H and O–H groups in total. The maximum atomic E-state index is 13.0. The van der Waals surface area contributed by atoms with Crippen molar-refractivity contribution in [1.29, 1.82) is 0 Å². The first-order chi connectivity index (χ1) is 13.8. The van der Waals surface area contributed by atoms with Gasteiger partial charge < -0.3 is 10.2 Å². The highest BCUT2D eigenvalue weighted by atomic mass is 19.4. The summed E-state index contributed by atoms with van der Waals surface area (Å²) < 4.78 is 77.7. The summed E-state index contributed by atoms with van der Waals surface area (Å²) in [7, 11) is 0. The topological polar surface area (TPSA) is 49.4 Å². The summed E-state index contributed by atoms with van der Waals surface area (Å²) in [5.41, 5.74) is -3.26. The van der Waals surface area contributed by atoms with Crippen LogP contribution < -0.4 is 5.32 Å². The third-order valence-corrected chi connectivity index (χ3v) is 4.12. The molecule has 2 aromatic carbocycles. The van der Waals surface area contributed by atoms with Gasteiger partial charge in [-0.1, -0.05) is 30.3 Å².